The van der Waals surface area contributed by atoms with Crippen molar-refractivity contribution in [3.05, 3.63) is 182 Å². The maximum absolute atomic E-state index is 9.85. The van der Waals surface area contributed by atoms with Crippen molar-refractivity contribution in [1.29, 1.82) is 0 Å². The summed E-state index contributed by atoms with van der Waals surface area (Å²) in [6, 6.07) is 44.2. The van der Waals surface area contributed by atoms with Crippen molar-refractivity contribution in [3.63, 3.8) is 0 Å². The highest BCUT2D eigenvalue weighted by molar-refractivity contribution is 6.26. The Morgan fingerprint density at radius 3 is 1.20 bits per heavy atom. The van der Waals surface area contributed by atoms with Crippen LogP contribution < -0.4 is 0 Å². The van der Waals surface area contributed by atoms with E-state index in [-0.39, 0.29) is 70.1 Å². The van der Waals surface area contributed by atoms with E-state index in [4.69, 9.17) is 0 Å². The molecular weight excluding hydrogens is 601 g/mol. The van der Waals surface area contributed by atoms with Gasteiger partial charge in [-0.1, -0.05) is 164 Å². The predicted molar refractivity (Wildman–Crippen MR) is 216 cm³/mol. The first-order valence-electron chi connectivity index (χ1n) is 20.4. The second-order valence-corrected chi connectivity index (χ2v) is 13.1. The van der Waals surface area contributed by atoms with E-state index in [1.54, 1.807) is 0 Å². The second kappa shape index (κ2) is 10.5. The highest BCUT2D eigenvalue weighted by Crippen LogP contribution is 2.43. The van der Waals surface area contributed by atoms with E-state index in [1.165, 1.54) is 0 Å². The zero-order chi connectivity index (χ0) is 38.9. The fourth-order valence-corrected chi connectivity index (χ4v) is 7.96. The first-order valence-corrected chi connectivity index (χ1v) is 16.9. The summed E-state index contributed by atoms with van der Waals surface area (Å²) in [5.74, 6) is 0. The molecule has 0 spiro atoms. The molecule has 0 atom stereocenters. The SMILES string of the molecule is [2H]c1c([2H])c(-c2ccc3ccc4cccc5ccc2c3c45)c([2H])c([2H])c1-c1c([2H])c(-c2ccccc2)c([2H])c(-c2ccc3ccc4cccc5ccc2c3c45)c1[2H]. The monoisotopic (exact) mass is 637 g/mol. The summed E-state index contributed by atoms with van der Waals surface area (Å²) in [6.45, 7) is 0. The van der Waals surface area contributed by atoms with Gasteiger partial charge in [0.15, 0.2) is 0 Å². The van der Waals surface area contributed by atoms with Crippen molar-refractivity contribution in [1.82, 2.24) is 0 Å². The number of benzene rings is 11. The molecule has 0 aliphatic rings. The maximum Gasteiger partial charge on any atom is 0.0636 e. The molecule has 0 fully saturated rings. The lowest BCUT2D eigenvalue weighted by atomic mass is 9.87. The normalized spacial score (nSPS) is 14.0. The van der Waals surface area contributed by atoms with Crippen molar-refractivity contribution in [2.24, 2.45) is 0 Å². The van der Waals surface area contributed by atoms with Crippen molar-refractivity contribution in [2.75, 3.05) is 0 Å². The summed E-state index contributed by atoms with van der Waals surface area (Å²) >= 11 is 0. The molecule has 0 radical (unpaired) electrons. The third kappa shape index (κ3) is 4.06. The van der Waals surface area contributed by atoms with Crippen LogP contribution in [0.1, 0.15) is 9.60 Å². The molecule has 0 aliphatic heterocycles. The van der Waals surface area contributed by atoms with E-state index < -0.39 is 0 Å². The predicted octanol–water partition coefficient (Wildman–Crippen LogP) is 14.1. The van der Waals surface area contributed by atoms with Gasteiger partial charge in [-0.25, -0.2) is 0 Å². The molecule has 11 aromatic carbocycles. The van der Waals surface area contributed by atoms with E-state index in [2.05, 4.69) is 54.6 Å². The van der Waals surface area contributed by atoms with Gasteiger partial charge in [0, 0.05) is 0 Å². The molecule has 0 saturated carbocycles. The van der Waals surface area contributed by atoms with Crippen LogP contribution in [0.25, 0.3) is 109 Å². The van der Waals surface area contributed by atoms with Crippen molar-refractivity contribution >= 4 is 64.6 Å². The van der Waals surface area contributed by atoms with Crippen LogP contribution in [0.5, 0.6) is 0 Å². The first kappa shape index (κ1) is 21.5. The molecule has 0 saturated heterocycles. The Kier molecular flexibility index (Phi) is 4.51. The second-order valence-electron chi connectivity index (χ2n) is 13.1. The molecule has 0 nitrogen and oxygen atoms in total. The minimum atomic E-state index is -0.336. The fourth-order valence-electron chi connectivity index (χ4n) is 7.96. The van der Waals surface area contributed by atoms with Gasteiger partial charge in [0.2, 0.25) is 0 Å². The van der Waals surface area contributed by atoms with Gasteiger partial charge in [0.1, 0.15) is 0 Å². The van der Waals surface area contributed by atoms with Crippen LogP contribution >= 0.6 is 0 Å². The molecule has 0 amide bonds. The highest BCUT2D eigenvalue weighted by atomic mass is 14.2. The van der Waals surface area contributed by atoms with Crippen LogP contribution in [0.15, 0.2) is 182 Å². The lowest BCUT2D eigenvalue weighted by Crippen LogP contribution is -1.90. The Balaban J connectivity index is 1.21. The van der Waals surface area contributed by atoms with Crippen LogP contribution in [-0.4, -0.2) is 0 Å². The third-order valence-corrected chi connectivity index (χ3v) is 10.3. The lowest BCUT2D eigenvalue weighted by Gasteiger charge is -2.16. The van der Waals surface area contributed by atoms with Crippen LogP contribution in [0, 0.1) is 0 Å². The van der Waals surface area contributed by atoms with Gasteiger partial charge in [-0.3, -0.25) is 0 Å². The number of rotatable bonds is 4. The van der Waals surface area contributed by atoms with Crippen LogP contribution in [-0.2, 0) is 0 Å². The van der Waals surface area contributed by atoms with Gasteiger partial charge in [0.05, 0.1) is 9.60 Å². The molecule has 50 heavy (non-hydrogen) atoms. The summed E-state index contributed by atoms with van der Waals surface area (Å²) in [6.07, 6.45) is 0. The summed E-state index contributed by atoms with van der Waals surface area (Å²) < 4.78 is 67.3. The zero-order valence-corrected chi connectivity index (χ0v) is 26.8. The molecule has 11 aromatic rings. The molecule has 0 bridgehead atoms. The van der Waals surface area contributed by atoms with Crippen molar-refractivity contribution < 1.29 is 9.60 Å². The standard InChI is InChI=1S/C50H30/c1-2-6-31(7-3-1)40-28-41(30-42(29-40)44-25-21-39-19-17-35-9-5-11-37-23-27-46(44)50(39)48(35)37)32-12-14-33(15-13-32)43-24-20-38-18-16-34-8-4-10-36-22-26-45(43)49(38)47(34)36/h1-30H/i12D,13D,14D,15D,28D,29D,30D. The first-order chi connectivity index (χ1) is 27.7. The van der Waals surface area contributed by atoms with Gasteiger partial charge in [-0.15, -0.1) is 0 Å². The number of hydrogen-bond donors (Lipinski definition) is 0. The van der Waals surface area contributed by atoms with Gasteiger partial charge in [-0.05, 0) is 127 Å². The Morgan fingerprint density at radius 1 is 0.260 bits per heavy atom. The summed E-state index contributed by atoms with van der Waals surface area (Å²) in [5.41, 5.74) is 2.34. The van der Waals surface area contributed by atoms with Gasteiger partial charge < -0.3 is 0 Å². The minimum absolute atomic E-state index is 0.00416. The summed E-state index contributed by atoms with van der Waals surface area (Å²) in [5, 5.41) is 12.2. The van der Waals surface area contributed by atoms with E-state index in [0.29, 0.717) is 16.7 Å². The van der Waals surface area contributed by atoms with E-state index >= 15 is 0 Å². The molecule has 0 N–H and O–H groups in total. The van der Waals surface area contributed by atoms with Gasteiger partial charge >= 0.3 is 0 Å². The Hall–Kier alpha value is -6.50. The van der Waals surface area contributed by atoms with E-state index in [1.807, 2.05) is 84.9 Å². The smallest absolute Gasteiger partial charge is 0.0622 e. The van der Waals surface area contributed by atoms with Crippen LogP contribution in [0.2, 0.25) is 0 Å². The van der Waals surface area contributed by atoms with Crippen LogP contribution in [0.3, 0.4) is 0 Å². The molecule has 11 rings (SSSR count). The minimum Gasteiger partial charge on any atom is -0.0622 e. The molecule has 0 aromatic heterocycles. The summed E-state index contributed by atoms with van der Waals surface area (Å²) in [4.78, 5) is 0. The molecule has 0 unspecified atom stereocenters. The van der Waals surface area contributed by atoms with Crippen molar-refractivity contribution in [2.45, 2.75) is 0 Å². The lowest BCUT2D eigenvalue weighted by molar-refractivity contribution is 1.57. The molecule has 0 heteroatoms. The molecular formula is C50H30. The number of hydrogen-bond acceptors (Lipinski definition) is 0. The molecule has 0 heterocycles. The van der Waals surface area contributed by atoms with Gasteiger partial charge in [0.25, 0.3) is 0 Å². The molecule has 0 aliphatic carbocycles. The Bertz CT molecular complexity index is 3420. The zero-order valence-electron chi connectivity index (χ0n) is 33.8. The Labute approximate surface area is 300 Å². The summed E-state index contributed by atoms with van der Waals surface area (Å²) in [7, 11) is 0. The average Bonchev–Trinajstić information content (AvgIpc) is 3.23. The quantitative estimate of drug-likeness (QED) is 0.168. The van der Waals surface area contributed by atoms with Gasteiger partial charge in [-0.2, -0.15) is 0 Å². The Morgan fingerprint density at radius 2 is 0.660 bits per heavy atom. The maximum atomic E-state index is 9.85. The fraction of sp³-hybridized carbons (Fsp3) is 0. The highest BCUT2D eigenvalue weighted by Gasteiger charge is 2.15. The third-order valence-electron chi connectivity index (χ3n) is 10.3. The van der Waals surface area contributed by atoms with Crippen molar-refractivity contribution in [3.8, 4) is 44.5 Å². The molecule has 230 valence electrons. The van der Waals surface area contributed by atoms with E-state index in [0.717, 1.165) is 64.6 Å². The largest absolute Gasteiger partial charge is 0.0636 e. The van der Waals surface area contributed by atoms with Crippen LogP contribution in [0.4, 0.5) is 0 Å². The topological polar surface area (TPSA) is 0 Å². The van der Waals surface area contributed by atoms with E-state index in [9.17, 15) is 9.60 Å². The average molecular weight is 638 g/mol.